The molecule has 7 nitrogen and oxygen atoms in total. The van der Waals surface area contributed by atoms with Crippen LogP contribution < -0.4 is 14.4 Å². The van der Waals surface area contributed by atoms with Gasteiger partial charge in [0.2, 0.25) is 0 Å². The number of hydrogen-bond donors (Lipinski definition) is 1. The SMILES string of the molecule is COc1cc(OC)c(-n2nncc2-c2ccc(N(C)C)cc2)cc1O. The second-order valence-corrected chi connectivity index (χ2v) is 5.67. The van der Waals surface area contributed by atoms with Crippen molar-refractivity contribution in [1.82, 2.24) is 15.0 Å². The molecule has 2 aromatic carbocycles. The third-order valence-electron chi connectivity index (χ3n) is 3.94. The molecule has 0 aliphatic carbocycles. The fourth-order valence-electron chi connectivity index (χ4n) is 2.57. The molecule has 0 amide bonds. The van der Waals surface area contributed by atoms with Gasteiger partial charge in [-0.25, -0.2) is 4.68 Å². The average Bonchev–Trinajstić information content (AvgIpc) is 3.11. The lowest BCUT2D eigenvalue weighted by molar-refractivity contribution is 0.363. The molecule has 3 aromatic rings. The van der Waals surface area contributed by atoms with Gasteiger partial charge in [0.15, 0.2) is 11.5 Å². The number of aromatic nitrogens is 3. The predicted octanol–water partition coefficient (Wildman–Crippen LogP) is 2.72. The van der Waals surface area contributed by atoms with Crippen LogP contribution in [0.5, 0.6) is 17.2 Å². The molecule has 0 bridgehead atoms. The molecule has 1 N–H and O–H groups in total. The minimum atomic E-state index is 0.00251. The molecular weight excluding hydrogens is 320 g/mol. The smallest absolute Gasteiger partial charge is 0.164 e. The van der Waals surface area contributed by atoms with E-state index in [0.29, 0.717) is 17.2 Å². The van der Waals surface area contributed by atoms with E-state index in [1.54, 1.807) is 30.1 Å². The number of rotatable bonds is 5. The molecule has 0 aliphatic heterocycles. The Balaban J connectivity index is 2.09. The summed E-state index contributed by atoms with van der Waals surface area (Å²) in [5.74, 6) is 0.853. The molecule has 7 heteroatoms. The molecule has 0 fully saturated rings. The highest BCUT2D eigenvalue weighted by atomic mass is 16.5. The zero-order chi connectivity index (χ0) is 18.0. The molecule has 0 spiro atoms. The second-order valence-electron chi connectivity index (χ2n) is 5.67. The van der Waals surface area contributed by atoms with Crippen LogP contribution in [0.2, 0.25) is 0 Å². The topological polar surface area (TPSA) is 72.6 Å². The number of phenols is 1. The average molecular weight is 340 g/mol. The molecule has 0 atom stereocenters. The molecular formula is C18H20N4O3. The van der Waals surface area contributed by atoms with Gasteiger partial charge >= 0.3 is 0 Å². The van der Waals surface area contributed by atoms with E-state index in [9.17, 15) is 5.11 Å². The van der Waals surface area contributed by atoms with Crippen LogP contribution in [0.25, 0.3) is 16.9 Å². The van der Waals surface area contributed by atoms with Gasteiger partial charge in [-0.05, 0) is 12.1 Å². The van der Waals surface area contributed by atoms with E-state index < -0.39 is 0 Å². The Morgan fingerprint density at radius 2 is 1.68 bits per heavy atom. The first-order chi connectivity index (χ1) is 12.0. The summed E-state index contributed by atoms with van der Waals surface area (Å²) in [4.78, 5) is 2.03. The number of phenolic OH excluding ortho intramolecular Hbond substituents is 1. The van der Waals surface area contributed by atoms with Gasteiger partial charge in [0.1, 0.15) is 11.4 Å². The molecule has 3 rings (SSSR count). The van der Waals surface area contributed by atoms with Crippen molar-refractivity contribution in [3.8, 4) is 34.2 Å². The van der Waals surface area contributed by atoms with Crippen molar-refractivity contribution in [2.45, 2.75) is 0 Å². The van der Waals surface area contributed by atoms with Gasteiger partial charge in [0.25, 0.3) is 0 Å². The molecule has 0 radical (unpaired) electrons. The van der Waals surface area contributed by atoms with Crippen LogP contribution >= 0.6 is 0 Å². The Morgan fingerprint density at radius 3 is 2.28 bits per heavy atom. The van der Waals surface area contributed by atoms with Crippen molar-refractivity contribution in [2.24, 2.45) is 0 Å². The summed E-state index contributed by atoms with van der Waals surface area (Å²) in [6.07, 6.45) is 1.67. The third-order valence-corrected chi connectivity index (χ3v) is 3.94. The second kappa shape index (κ2) is 6.72. The maximum Gasteiger partial charge on any atom is 0.164 e. The van der Waals surface area contributed by atoms with Crippen LogP contribution in [-0.2, 0) is 0 Å². The maximum atomic E-state index is 10.1. The highest BCUT2D eigenvalue weighted by Gasteiger charge is 2.17. The molecule has 25 heavy (non-hydrogen) atoms. The van der Waals surface area contributed by atoms with Crippen molar-refractivity contribution in [1.29, 1.82) is 0 Å². The van der Waals surface area contributed by atoms with Crippen molar-refractivity contribution in [3.05, 3.63) is 42.6 Å². The lowest BCUT2D eigenvalue weighted by atomic mass is 10.1. The third kappa shape index (κ3) is 3.08. The van der Waals surface area contributed by atoms with Gasteiger partial charge in [-0.3, -0.25) is 0 Å². The number of hydrogen-bond acceptors (Lipinski definition) is 6. The molecule has 0 aliphatic rings. The fraction of sp³-hybridized carbons (Fsp3) is 0.222. The summed E-state index contributed by atoms with van der Waals surface area (Å²) in [5, 5.41) is 18.3. The van der Waals surface area contributed by atoms with E-state index in [0.717, 1.165) is 16.9 Å². The normalized spacial score (nSPS) is 10.6. The number of aromatic hydroxyl groups is 1. The minimum absolute atomic E-state index is 0.00251. The first-order valence-electron chi connectivity index (χ1n) is 7.69. The van der Waals surface area contributed by atoms with Crippen molar-refractivity contribution < 1.29 is 14.6 Å². The van der Waals surface area contributed by atoms with Gasteiger partial charge in [-0.15, -0.1) is 5.10 Å². The number of methoxy groups -OCH3 is 2. The van der Waals surface area contributed by atoms with Gasteiger partial charge in [-0.1, -0.05) is 17.3 Å². The Hall–Kier alpha value is -3.22. The van der Waals surface area contributed by atoms with E-state index in [1.807, 2.05) is 43.3 Å². The van der Waals surface area contributed by atoms with Gasteiger partial charge < -0.3 is 19.5 Å². The lowest BCUT2D eigenvalue weighted by Gasteiger charge is -2.15. The number of anilines is 1. The van der Waals surface area contributed by atoms with Gasteiger partial charge in [-0.2, -0.15) is 0 Å². The van der Waals surface area contributed by atoms with Crippen LogP contribution in [0.3, 0.4) is 0 Å². The Kier molecular flexibility index (Phi) is 4.47. The first kappa shape index (κ1) is 16.6. The van der Waals surface area contributed by atoms with Crippen LogP contribution in [0, 0.1) is 0 Å². The first-order valence-corrected chi connectivity index (χ1v) is 7.69. The maximum absolute atomic E-state index is 10.1. The fourth-order valence-corrected chi connectivity index (χ4v) is 2.57. The minimum Gasteiger partial charge on any atom is -0.504 e. The molecule has 1 heterocycles. The molecule has 0 saturated heterocycles. The Bertz CT molecular complexity index is 873. The predicted molar refractivity (Wildman–Crippen MR) is 95.9 cm³/mol. The van der Waals surface area contributed by atoms with E-state index in [1.165, 1.54) is 7.11 Å². The van der Waals surface area contributed by atoms with E-state index in [4.69, 9.17) is 9.47 Å². The summed E-state index contributed by atoms with van der Waals surface area (Å²) in [5.41, 5.74) is 3.41. The summed E-state index contributed by atoms with van der Waals surface area (Å²) in [6.45, 7) is 0. The number of benzene rings is 2. The van der Waals surface area contributed by atoms with Crippen LogP contribution in [0.1, 0.15) is 0 Å². The highest BCUT2D eigenvalue weighted by Crippen LogP contribution is 2.37. The molecule has 0 saturated carbocycles. The highest BCUT2D eigenvalue weighted by molar-refractivity contribution is 5.67. The van der Waals surface area contributed by atoms with E-state index >= 15 is 0 Å². The zero-order valence-corrected chi connectivity index (χ0v) is 14.6. The van der Waals surface area contributed by atoms with E-state index in [-0.39, 0.29) is 5.75 Å². The van der Waals surface area contributed by atoms with Crippen LogP contribution in [0.4, 0.5) is 5.69 Å². The zero-order valence-electron chi connectivity index (χ0n) is 14.6. The molecule has 130 valence electrons. The summed E-state index contributed by atoms with van der Waals surface area (Å²) < 4.78 is 12.2. The van der Waals surface area contributed by atoms with Crippen LogP contribution in [-0.4, -0.2) is 48.4 Å². The number of ether oxygens (including phenoxy) is 2. The number of nitrogens with zero attached hydrogens (tertiary/aromatic N) is 4. The van der Waals surface area contributed by atoms with Gasteiger partial charge in [0.05, 0.1) is 26.1 Å². The van der Waals surface area contributed by atoms with Crippen molar-refractivity contribution in [2.75, 3.05) is 33.2 Å². The standard InChI is InChI=1S/C18H20N4O3/c1-21(2)13-7-5-12(6-8-13)15-11-19-20-22(15)14-9-16(23)18(25-4)10-17(14)24-3/h5-11,23H,1-4H3. The Labute approximate surface area is 146 Å². The van der Waals surface area contributed by atoms with Crippen molar-refractivity contribution in [3.63, 3.8) is 0 Å². The summed E-state index contributed by atoms with van der Waals surface area (Å²) >= 11 is 0. The molecule has 1 aromatic heterocycles. The monoisotopic (exact) mass is 340 g/mol. The van der Waals surface area contributed by atoms with E-state index in [2.05, 4.69) is 10.3 Å². The summed E-state index contributed by atoms with van der Waals surface area (Å²) in [7, 11) is 7.02. The Morgan fingerprint density at radius 1 is 1.00 bits per heavy atom. The van der Waals surface area contributed by atoms with Crippen molar-refractivity contribution >= 4 is 5.69 Å². The molecule has 0 unspecified atom stereocenters. The summed E-state index contributed by atoms with van der Waals surface area (Å²) in [6, 6.07) is 11.2. The quantitative estimate of drug-likeness (QED) is 0.770. The largest absolute Gasteiger partial charge is 0.504 e. The van der Waals surface area contributed by atoms with Gasteiger partial charge in [0, 0.05) is 37.5 Å². The lowest BCUT2D eigenvalue weighted by Crippen LogP contribution is -2.08. The van der Waals surface area contributed by atoms with Crippen LogP contribution in [0.15, 0.2) is 42.6 Å².